The molecule has 0 amide bonds. The van der Waals surface area contributed by atoms with E-state index < -0.39 is 0 Å². The van der Waals surface area contributed by atoms with Gasteiger partial charge in [-0.15, -0.1) is 0 Å². The maximum absolute atomic E-state index is 5.74. The number of nitrogens with one attached hydrogen (secondary N) is 2. The number of aliphatic imine (C=N–C) groups is 1. The molecule has 0 atom stereocenters. The van der Waals surface area contributed by atoms with Crippen molar-refractivity contribution in [3.63, 3.8) is 0 Å². The number of anilines is 1. The lowest BCUT2D eigenvalue weighted by Crippen LogP contribution is -2.32. The Bertz CT molecular complexity index is 708. The Morgan fingerprint density at radius 3 is 2.59 bits per heavy atom. The van der Waals surface area contributed by atoms with Crippen LogP contribution in [0.2, 0.25) is 0 Å². The predicted molar refractivity (Wildman–Crippen MR) is 119 cm³/mol. The van der Waals surface area contributed by atoms with Gasteiger partial charge in [-0.1, -0.05) is 36.4 Å². The summed E-state index contributed by atoms with van der Waals surface area (Å²) in [5, 5.41) is 6.60. The van der Waals surface area contributed by atoms with E-state index >= 15 is 0 Å². The van der Waals surface area contributed by atoms with Crippen LogP contribution in [0.15, 0.2) is 59.6 Å². The minimum absolute atomic E-state index is 0.633. The quantitative estimate of drug-likeness (QED) is 0.305. The van der Waals surface area contributed by atoms with Crippen molar-refractivity contribution in [2.75, 3.05) is 52.4 Å². The Balaban J connectivity index is 1.61. The van der Waals surface area contributed by atoms with Gasteiger partial charge >= 0.3 is 0 Å². The summed E-state index contributed by atoms with van der Waals surface area (Å²) < 4.78 is 16.5. The number of ether oxygens (including phenoxy) is 3. The summed E-state index contributed by atoms with van der Waals surface area (Å²) >= 11 is 0. The molecule has 0 spiro atoms. The minimum Gasteiger partial charge on any atom is -0.493 e. The van der Waals surface area contributed by atoms with E-state index in [4.69, 9.17) is 14.2 Å². The molecule has 2 rings (SSSR count). The molecular weight excluding hydrogens is 366 g/mol. The molecule has 0 aliphatic carbocycles. The standard InChI is InChI=1S/C23H33N3O3/c1-24-23(25-14-7-16-28-18-13-20-9-4-3-5-10-20)26-21-11-6-12-22(19-21)29-17-8-15-27-2/h3-6,9-12,19H,7-8,13-18H2,1-2H3,(H2,24,25,26). The summed E-state index contributed by atoms with van der Waals surface area (Å²) in [6, 6.07) is 18.3. The van der Waals surface area contributed by atoms with Crippen molar-refractivity contribution in [1.29, 1.82) is 0 Å². The molecule has 29 heavy (non-hydrogen) atoms. The van der Waals surface area contributed by atoms with E-state index in [2.05, 4.69) is 39.9 Å². The van der Waals surface area contributed by atoms with Crippen LogP contribution < -0.4 is 15.4 Å². The maximum atomic E-state index is 5.74. The number of benzene rings is 2. The van der Waals surface area contributed by atoms with Gasteiger partial charge in [0.25, 0.3) is 0 Å². The first-order chi connectivity index (χ1) is 14.3. The summed E-state index contributed by atoms with van der Waals surface area (Å²) in [4.78, 5) is 4.27. The predicted octanol–water partition coefficient (Wildman–Crippen LogP) is 3.74. The van der Waals surface area contributed by atoms with Gasteiger partial charge in [-0.25, -0.2) is 0 Å². The topological polar surface area (TPSA) is 64.1 Å². The highest BCUT2D eigenvalue weighted by molar-refractivity contribution is 5.93. The molecule has 6 nitrogen and oxygen atoms in total. The normalized spacial score (nSPS) is 11.3. The molecule has 0 saturated heterocycles. The lowest BCUT2D eigenvalue weighted by molar-refractivity contribution is 0.135. The Morgan fingerprint density at radius 2 is 1.79 bits per heavy atom. The van der Waals surface area contributed by atoms with Crippen LogP contribution in [0.3, 0.4) is 0 Å². The summed E-state index contributed by atoms with van der Waals surface area (Å²) in [6.07, 6.45) is 2.73. The SMILES string of the molecule is CN=C(NCCCOCCc1ccccc1)Nc1cccc(OCCCOC)c1. The van der Waals surface area contributed by atoms with Gasteiger partial charge in [-0.3, -0.25) is 4.99 Å². The number of rotatable bonds is 13. The van der Waals surface area contributed by atoms with E-state index in [-0.39, 0.29) is 0 Å². The lowest BCUT2D eigenvalue weighted by atomic mass is 10.2. The number of hydrogen-bond acceptors (Lipinski definition) is 4. The summed E-state index contributed by atoms with van der Waals surface area (Å²) in [5.41, 5.74) is 2.24. The van der Waals surface area contributed by atoms with Gasteiger partial charge in [0.2, 0.25) is 0 Å². The highest BCUT2D eigenvalue weighted by atomic mass is 16.5. The summed E-state index contributed by atoms with van der Waals surface area (Å²) in [5.74, 6) is 1.55. The monoisotopic (exact) mass is 399 g/mol. The van der Waals surface area contributed by atoms with Crippen molar-refractivity contribution in [3.8, 4) is 5.75 Å². The minimum atomic E-state index is 0.633. The molecule has 0 aromatic heterocycles. The summed E-state index contributed by atoms with van der Waals surface area (Å²) in [6.45, 7) is 3.59. The molecule has 2 aromatic carbocycles. The molecule has 0 heterocycles. The van der Waals surface area contributed by atoms with E-state index in [9.17, 15) is 0 Å². The smallest absolute Gasteiger partial charge is 0.195 e. The largest absolute Gasteiger partial charge is 0.493 e. The van der Waals surface area contributed by atoms with Crippen molar-refractivity contribution in [2.45, 2.75) is 19.3 Å². The third-order valence-corrected chi connectivity index (χ3v) is 4.22. The van der Waals surface area contributed by atoms with Crippen molar-refractivity contribution in [2.24, 2.45) is 4.99 Å². The fourth-order valence-corrected chi connectivity index (χ4v) is 2.69. The van der Waals surface area contributed by atoms with Gasteiger partial charge in [0.05, 0.1) is 13.2 Å². The Hall–Kier alpha value is -2.57. The van der Waals surface area contributed by atoms with E-state index in [1.807, 2.05) is 30.3 Å². The lowest BCUT2D eigenvalue weighted by Gasteiger charge is -2.13. The van der Waals surface area contributed by atoms with Crippen molar-refractivity contribution >= 4 is 11.6 Å². The molecule has 0 bridgehead atoms. The van der Waals surface area contributed by atoms with Crippen LogP contribution in [-0.4, -0.2) is 53.1 Å². The zero-order chi connectivity index (χ0) is 20.6. The van der Waals surface area contributed by atoms with Gasteiger partial charge in [0.15, 0.2) is 5.96 Å². The van der Waals surface area contributed by atoms with Gasteiger partial charge in [-0.2, -0.15) is 0 Å². The van der Waals surface area contributed by atoms with Crippen LogP contribution in [0, 0.1) is 0 Å². The van der Waals surface area contributed by atoms with Crippen LogP contribution in [0.25, 0.3) is 0 Å². The van der Waals surface area contributed by atoms with Crippen molar-refractivity contribution < 1.29 is 14.2 Å². The fraction of sp³-hybridized carbons (Fsp3) is 0.435. The number of nitrogens with zero attached hydrogens (tertiary/aromatic N) is 1. The van der Waals surface area contributed by atoms with Crippen molar-refractivity contribution in [1.82, 2.24) is 5.32 Å². The molecule has 158 valence electrons. The fourth-order valence-electron chi connectivity index (χ4n) is 2.69. The summed E-state index contributed by atoms with van der Waals surface area (Å²) in [7, 11) is 3.46. The molecule has 0 fully saturated rings. The van der Waals surface area contributed by atoms with Crippen LogP contribution in [-0.2, 0) is 15.9 Å². The van der Waals surface area contributed by atoms with Crippen LogP contribution in [0.5, 0.6) is 5.75 Å². The first kappa shape index (κ1) is 22.7. The molecule has 2 N–H and O–H groups in total. The van der Waals surface area contributed by atoms with Crippen LogP contribution in [0.4, 0.5) is 5.69 Å². The Kier molecular flexibility index (Phi) is 11.3. The van der Waals surface area contributed by atoms with E-state index in [0.717, 1.165) is 56.4 Å². The molecule has 0 aliphatic rings. The van der Waals surface area contributed by atoms with Gasteiger partial charge in [0, 0.05) is 52.1 Å². The highest BCUT2D eigenvalue weighted by Gasteiger charge is 2.01. The average Bonchev–Trinajstić information content (AvgIpc) is 2.76. The zero-order valence-corrected chi connectivity index (χ0v) is 17.5. The molecule has 0 unspecified atom stereocenters. The molecule has 2 aromatic rings. The second-order valence-corrected chi connectivity index (χ2v) is 6.55. The Morgan fingerprint density at radius 1 is 0.931 bits per heavy atom. The second kappa shape index (κ2) is 14.4. The third-order valence-electron chi connectivity index (χ3n) is 4.22. The highest BCUT2D eigenvalue weighted by Crippen LogP contribution is 2.17. The van der Waals surface area contributed by atoms with Gasteiger partial charge < -0.3 is 24.8 Å². The number of hydrogen-bond donors (Lipinski definition) is 2. The molecule has 0 aliphatic heterocycles. The first-order valence-electron chi connectivity index (χ1n) is 10.1. The van der Waals surface area contributed by atoms with E-state index in [0.29, 0.717) is 13.2 Å². The average molecular weight is 400 g/mol. The number of guanidine groups is 1. The van der Waals surface area contributed by atoms with E-state index in [1.165, 1.54) is 5.56 Å². The third kappa shape index (κ3) is 9.96. The van der Waals surface area contributed by atoms with E-state index in [1.54, 1.807) is 14.2 Å². The van der Waals surface area contributed by atoms with Crippen LogP contribution in [0.1, 0.15) is 18.4 Å². The molecule has 6 heteroatoms. The molecule has 0 radical (unpaired) electrons. The van der Waals surface area contributed by atoms with Crippen molar-refractivity contribution in [3.05, 3.63) is 60.2 Å². The number of methoxy groups -OCH3 is 1. The Labute approximate surface area is 174 Å². The second-order valence-electron chi connectivity index (χ2n) is 6.55. The van der Waals surface area contributed by atoms with Crippen LogP contribution >= 0.6 is 0 Å². The van der Waals surface area contributed by atoms with Gasteiger partial charge in [0.1, 0.15) is 5.75 Å². The first-order valence-corrected chi connectivity index (χ1v) is 10.1. The zero-order valence-electron chi connectivity index (χ0n) is 17.5. The van der Waals surface area contributed by atoms with Gasteiger partial charge in [-0.05, 0) is 30.5 Å². The maximum Gasteiger partial charge on any atom is 0.195 e. The molecule has 0 saturated carbocycles. The molecular formula is C23H33N3O3.